The average molecular weight is 367 g/mol. The molecule has 0 aliphatic carbocycles. The fraction of sp³-hybridized carbons (Fsp3) is 0.312. The number of carbonyl (C=O) groups excluding carboxylic acids is 1. The molecular weight excluding hydrogens is 350 g/mol. The number of fused-ring (bicyclic) bond motifs is 1. The molecule has 0 radical (unpaired) electrons. The molecule has 6 nitrogen and oxygen atoms in total. The first-order chi connectivity index (χ1) is 11.5. The van der Waals surface area contributed by atoms with Gasteiger partial charge in [-0.15, -0.1) is 11.3 Å². The second kappa shape index (κ2) is 6.88. The van der Waals surface area contributed by atoms with Gasteiger partial charge in [-0.05, 0) is 30.5 Å². The van der Waals surface area contributed by atoms with E-state index < -0.39 is 4.92 Å². The molecule has 2 aromatic rings. The predicted octanol–water partition coefficient (Wildman–Crippen LogP) is 2.45. The molecule has 1 aliphatic rings. The summed E-state index contributed by atoms with van der Waals surface area (Å²) in [6, 6.07) is 6.49. The average Bonchev–Trinajstić information content (AvgIpc) is 2.99. The maximum atomic E-state index is 12.4. The lowest BCUT2D eigenvalue weighted by Crippen LogP contribution is -3.14. The molecular formula is C16H17ClN3O3S+. The van der Waals surface area contributed by atoms with Crippen molar-refractivity contribution < 1.29 is 14.6 Å². The van der Waals surface area contributed by atoms with Crippen molar-refractivity contribution in [2.24, 2.45) is 0 Å². The van der Waals surface area contributed by atoms with Crippen molar-refractivity contribution in [2.75, 3.05) is 18.4 Å². The van der Waals surface area contributed by atoms with Crippen LogP contribution in [0, 0.1) is 10.1 Å². The standard InChI is InChI=1S/C16H16ClN3O3S/c1-10-12-5-7-24-15(12)4-6-19(10)9-16(21)18-13-8-11(17)2-3-14(13)20(22)23/h2-3,5,7-8,10H,4,6,9H2,1H3,(H,18,21)/p+1/t10-/m1/s1. The van der Waals surface area contributed by atoms with Gasteiger partial charge in [-0.1, -0.05) is 11.6 Å². The minimum atomic E-state index is -0.528. The van der Waals surface area contributed by atoms with Gasteiger partial charge < -0.3 is 10.2 Å². The fourth-order valence-corrected chi connectivity index (χ4v) is 4.21. The van der Waals surface area contributed by atoms with Gasteiger partial charge in [-0.25, -0.2) is 0 Å². The molecule has 0 fully saturated rings. The Hall–Kier alpha value is -1.96. The van der Waals surface area contributed by atoms with E-state index in [-0.39, 0.29) is 29.9 Å². The highest BCUT2D eigenvalue weighted by Crippen LogP contribution is 2.28. The van der Waals surface area contributed by atoms with Crippen LogP contribution >= 0.6 is 22.9 Å². The van der Waals surface area contributed by atoms with Crippen LogP contribution in [0.4, 0.5) is 11.4 Å². The van der Waals surface area contributed by atoms with Crippen LogP contribution in [0.3, 0.4) is 0 Å². The number of quaternary nitrogens is 1. The molecule has 0 saturated heterocycles. The highest BCUT2D eigenvalue weighted by molar-refractivity contribution is 7.10. The molecule has 1 aliphatic heterocycles. The quantitative estimate of drug-likeness (QED) is 0.644. The Bertz CT molecular complexity index is 793. The smallest absolute Gasteiger partial charge is 0.292 e. The topological polar surface area (TPSA) is 76.7 Å². The zero-order chi connectivity index (χ0) is 17.3. The molecule has 1 aromatic heterocycles. The Morgan fingerprint density at radius 3 is 3.04 bits per heavy atom. The van der Waals surface area contributed by atoms with Crippen LogP contribution in [0.15, 0.2) is 29.6 Å². The van der Waals surface area contributed by atoms with E-state index in [4.69, 9.17) is 11.6 Å². The Morgan fingerprint density at radius 2 is 2.29 bits per heavy atom. The van der Waals surface area contributed by atoms with Gasteiger partial charge in [0.25, 0.3) is 11.6 Å². The highest BCUT2D eigenvalue weighted by atomic mass is 35.5. The number of hydrogen-bond acceptors (Lipinski definition) is 4. The molecule has 1 unspecified atom stereocenters. The van der Waals surface area contributed by atoms with Crippen LogP contribution in [-0.2, 0) is 11.2 Å². The van der Waals surface area contributed by atoms with Crippen LogP contribution in [0.1, 0.15) is 23.4 Å². The number of benzene rings is 1. The lowest BCUT2D eigenvalue weighted by molar-refractivity contribution is -0.923. The van der Waals surface area contributed by atoms with E-state index in [0.717, 1.165) is 17.9 Å². The Kier molecular flexibility index (Phi) is 4.84. The number of hydrogen-bond donors (Lipinski definition) is 2. The van der Waals surface area contributed by atoms with Crippen LogP contribution in [0.25, 0.3) is 0 Å². The Labute approximate surface area is 148 Å². The monoisotopic (exact) mass is 366 g/mol. The van der Waals surface area contributed by atoms with Gasteiger partial charge in [0.05, 0.1) is 11.5 Å². The summed E-state index contributed by atoms with van der Waals surface area (Å²) in [5.41, 5.74) is 1.27. The van der Waals surface area contributed by atoms with Crippen LogP contribution in [-0.4, -0.2) is 23.9 Å². The van der Waals surface area contributed by atoms with E-state index in [1.165, 1.54) is 28.6 Å². The predicted molar refractivity (Wildman–Crippen MR) is 93.9 cm³/mol. The van der Waals surface area contributed by atoms with Gasteiger partial charge in [0.15, 0.2) is 6.54 Å². The van der Waals surface area contributed by atoms with Crippen molar-refractivity contribution in [3.05, 3.63) is 55.2 Å². The summed E-state index contributed by atoms with van der Waals surface area (Å²) in [6.07, 6.45) is 0.956. The third-order valence-electron chi connectivity index (χ3n) is 4.35. The zero-order valence-electron chi connectivity index (χ0n) is 13.0. The number of rotatable bonds is 4. The molecule has 2 N–H and O–H groups in total. The number of thiophene rings is 1. The molecule has 8 heteroatoms. The first-order valence-corrected chi connectivity index (χ1v) is 8.86. The molecule has 2 heterocycles. The molecule has 0 bridgehead atoms. The molecule has 1 amide bonds. The van der Waals surface area contributed by atoms with Gasteiger partial charge in [-0.3, -0.25) is 14.9 Å². The maximum Gasteiger partial charge on any atom is 0.292 e. The second-order valence-corrected chi connectivity index (χ2v) is 7.26. The highest BCUT2D eigenvalue weighted by Gasteiger charge is 2.30. The first kappa shape index (κ1) is 16.9. The number of nitrogens with one attached hydrogen (secondary N) is 2. The number of nitro benzene ring substituents is 1. The van der Waals surface area contributed by atoms with Crippen molar-refractivity contribution in [2.45, 2.75) is 19.4 Å². The minimum absolute atomic E-state index is 0.137. The summed E-state index contributed by atoms with van der Waals surface area (Å²) in [5, 5.41) is 16.1. The molecule has 0 saturated carbocycles. The number of nitrogens with zero attached hydrogens (tertiary/aromatic N) is 1. The van der Waals surface area contributed by atoms with Crippen molar-refractivity contribution in [1.82, 2.24) is 0 Å². The SMILES string of the molecule is C[C@@H]1c2ccsc2CC[NH+]1CC(=O)Nc1cc(Cl)ccc1[N+](=O)[O-]. The van der Waals surface area contributed by atoms with E-state index in [0.29, 0.717) is 5.02 Å². The first-order valence-electron chi connectivity index (χ1n) is 7.60. The number of amides is 1. The normalized spacial score (nSPS) is 19.6. The summed E-state index contributed by atoms with van der Waals surface area (Å²) in [4.78, 5) is 25.5. The van der Waals surface area contributed by atoms with Gasteiger partial charge in [-0.2, -0.15) is 0 Å². The minimum Gasteiger partial charge on any atom is -0.321 e. The Balaban J connectivity index is 1.71. The van der Waals surface area contributed by atoms with Gasteiger partial charge in [0.1, 0.15) is 11.7 Å². The van der Waals surface area contributed by atoms with Crippen molar-refractivity contribution >= 4 is 40.2 Å². The lowest BCUT2D eigenvalue weighted by atomic mass is 10.0. The van der Waals surface area contributed by atoms with Gasteiger partial charge in [0, 0.05) is 28.0 Å². The number of anilines is 1. The Morgan fingerprint density at radius 1 is 1.50 bits per heavy atom. The third kappa shape index (κ3) is 3.43. The van der Waals surface area contributed by atoms with E-state index in [9.17, 15) is 14.9 Å². The largest absolute Gasteiger partial charge is 0.321 e. The summed E-state index contributed by atoms with van der Waals surface area (Å²) < 4.78 is 0. The van der Waals surface area contributed by atoms with E-state index in [2.05, 4.69) is 23.7 Å². The number of carbonyl (C=O) groups is 1. The maximum absolute atomic E-state index is 12.4. The lowest BCUT2D eigenvalue weighted by Gasteiger charge is -2.29. The molecule has 3 rings (SSSR count). The van der Waals surface area contributed by atoms with E-state index >= 15 is 0 Å². The van der Waals surface area contributed by atoms with Crippen molar-refractivity contribution in [3.8, 4) is 0 Å². The van der Waals surface area contributed by atoms with Gasteiger partial charge in [0.2, 0.25) is 0 Å². The summed E-state index contributed by atoms with van der Waals surface area (Å²) in [5.74, 6) is -0.249. The van der Waals surface area contributed by atoms with Crippen LogP contribution in [0.5, 0.6) is 0 Å². The van der Waals surface area contributed by atoms with E-state index in [1.54, 1.807) is 11.3 Å². The summed E-state index contributed by atoms with van der Waals surface area (Å²) in [6.45, 7) is 3.25. The van der Waals surface area contributed by atoms with Crippen molar-refractivity contribution in [3.63, 3.8) is 0 Å². The molecule has 24 heavy (non-hydrogen) atoms. The van der Waals surface area contributed by atoms with Crippen LogP contribution in [0.2, 0.25) is 5.02 Å². The molecule has 126 valence electrons. The number of halogens is 1. The molecule has 2 atom stereocenters. The van der Waals surface area contributed by atoms with Crippen LogP contribution < -0.4 is 10.2 Å². The third-order valence-corrected chi connectivity index (χ3v) is 5.58. The van der Waals surface area contributed by atoms with E-state index in [1.807, 2.05) is 0 Å². The second-order valence-electron chi connectivity index (χ2n) is 5.82. The summed E-state index contributed by atoms with van der Waals surface area (Å²) >= 11 is 7.64. The molecule has 1 aromatic carbocycles. The fourth-order valence-electron chi connectivity index (χ4n) is 3.06. The zero-order valence-corrected chi connectivity index (χ0v) is 14.6. The summed E-state index contributed by atoms with van der Waals surface area (Å²) in [7, 11) is 0. The number of nitro groups is 1. The molecule has 0 spiro atoms. The van der Waals surface area contributed by atoms with Gasteiger partial charge >= 0.3 is 0 Å². The van der Waals surface area contributed by atoms with Crippen molar-refractivity contribution in [1.29, 1.82) is 0 Å².